The van der Waals surface area contributed by atoms with E-state index in [0.29, 0.717) is 11.6 Å². The fourth-order valence-electron chi connectivity index (χ4n) is 1.65. The number of nitrogens with one attached hydrogen (secondary N) is 1. The van der Waals surface area contributed by atoms with Crippen molar-refractivity contribution < 1.29 is 9.53 Å². The first-order valence-corrected chi connectivity index (χ1v) is 7.54. The predicted octanol–water partition coefficient (Wildman–Crippen LogP) is 4.09. The summed E-state index contributed by atoms with van der Waals surface area (Å²) < 4.78 is 6.00. The van der Waals surface area contributed by atoms with Gasteiger partial charge in [-0.15, -0.1) is 0 Å². The number of carbonyl (C=O) groups is 1. The summed E-state index contributed by atoms with van der Waals surface area (Å²) in [6.07, 6.45) is 0.921. The molecule has 0 spiro atoms. The van der Waals surface area contributed by atoms with Crippen molar-refractivity contribution in [1.29, 1.82) is 0 Å². The van der Waals surface area contributed by atoms with E-state index in [0.717, 1.165) is 16.5 Å². The largest absolute Gasteiger partial charge is 0.465 e. The van der Waals surface area contributed by atoms with Crippen LogP contribution in [0.2, 0.25) is 5.02 Å². The molecule has 2 unspecified atom stereocenters. The second-order valence-corrected chi connectivity index (χ2v) is 5.65. The van der Waals surface area contributed by atoms with Crippen molar-refractivity contribution in [2.24, 2.45) is 0 Å². The Morgan fingerprint density at radius 2 is 2.16 bits per heavy atom. The Hall–Kier alpha value is -0.580. The van der Waals surface area contributed by atoms with Crippen LogP contribution in [0.4, 0.5) is 0 Å². The second-order valence-electron chi connectivity index (χ2n) is 4.33. The number of hydrogen-bond acceptors (Lipinski definition) is 3. The summed E-state index contributed by atoms with van der Waals surface area (Å²) in [5.74, 6) is -0.299. The molecule has 5 heteroatoms. The molecular weight excluding hydrogens is 330 g/mol. The Morgan fingerprint density at radius 3 is 2.68 bits per heavy atom. The zero-order chi connectivity index (χ0) is 14.4. The van der Waals surface area contributed by atoms with Crippen molar-refractivity contribution >= 4 is 33.5 Å². The first-order valence-electron chi connectivity index (χ1n) is 6.37. The molecule has 0 fully saturated rings. The number of esters is 1. The lowest BCUT2D eigenvalue weighted by molar-refractivity contribution is -0.146. The van der Waals surface area contributed by atoms with Crippen molar-refractivity contribution in [2.75, 3.05) is 6.61 Å². The predicted molar refractivity (Wildman–Crippen MR) is 81.4 cm³/mol. The van der Waals surface area contributed by atoms with E-state index in [9.17, 15) is 4.79 Å². The zero-order valence-electron chi connectivity index (χ0n) is 11.4. The fourth-order valence-corrected chi connectivity index (χ4v) is 2.43. The highest BCUT2D eigenvalue weighted by Crippen LogP contribution is 2.27. The van der Waals surface area contributed by atoms with Crippen LogP contribution in [-0.2, 0) is 9.53 Å². The molecule has 0 saturated carbocycles. The Bertz CT molecular complexity index is 439. The molecule has 1 aromatic rings. The van der Waals surface area contributed by atoms with Crippen molar-refractivity contribution in [3.63, 3.8) is 0 Å². The van der Waals surface area contributed by atoms with Crippen LogP contribution in [0.15, 0.2) is 22.7 Å². The van der Waals surface area contributed by atoms with Gasteiger partial charge in [0.25, 0.3) is 0 Å². The molecule has 1 aromatic carbocycles. The lowest BCUT2D eigenvalue weighted by atomic mass is 10.1. The molecule has 0 saturated heterocycles. The third-order valence-electron chi connectivity index (χ3n) is 2.86. The van der Waals surface area contributed by atoms with Gasteiger partial charge in [0.1, 0.15) is 6.04 Å². The number of hydrogen-bond donors (Lipinski definition) is 1. The molecule has 1 rings (SSSR count). The number of rotatable bonds is 6. The third kappa shape index (κ3) is 4.79. The van der Waals surface area contributed by atoms with Gasteiger partial charge in [0, 0.05) is 15.5 Å². The Morgan fingerprint density at radius 1 is 1.47 bits per heavy atom. The Balaban J connectivity index is 3.03. The smallest absolute Gasteiger partial charge is 0.327 e. The van der Waals surface area contributed by atoms with Crippen molar-refractivity contribution in [1.82, 2.24) is 5.32 Å². The topological polar surface area (TPSA) is 38.3 Å². The maximum absolute atomic E-state index is 12.1. The van der Waals surface area contributed by atoms with Gasteiger partial charge in [-0.2, -0.15) is 0 Å². The molecule has 3 nitrogen and oxygen atoms in total. The van der Waals surface area contributed by atoms with E-state index in [1.807, 2.05) is 19.1 Å². The highest BCUT2D eigenvalue weighted by atomic mass is 79.9. The van der Waals surface area contributed by atoms with E-state index in [1.165, 1.54) is 0 Å². The van der Waals surface area contributed by atoms with Crippen LogP contribution < -0.4 is 5.32 Å². The Kier molecular flexibility index (Phi) is 6.83. The van der Waals surface area contributed by atoms with Crippen LogP contribution in [0.5, 0.6) is 0 Å². The van der Waals surface area contributed by atoms with Gasteiger partial charge in [-0.3, -0.25) is 5.32 Å². The Labute approximate surface area is 127 Å². The summed E-state index contributed by atoms with van der Waals surface area (Å²) in [5, 5.41) is 3.80. The lowest BCUT2D eigenvalue weighted by Gasteiger charge is -2.22. The van der Waals surface area contributed by atoms with E-state index in [1.54, 1.807) is 13.0 Å². The van der Waals surface area contributed by atoms with Crippen LogP contribution in [0.3, 0.4) is 0 Å². The van der Waals surface area contributed by atoms with Gasteiger partial charge in [-0.25, -0.2) is 4.79 Å². The quantitative estimate of drug-likeness (QED) is 0.787. The van der Waals surface area contributed by atoms with Crippen molar-refractivity contribution in [2.45, 2.75) is 39.3 Å². The van der Waals surface area contributed by atoms with Gasteiger partial charge in [-0.05, 0) is 38.0 Å². The van der Waals surface area contributed by atoms with E-state index >= 15 is 0 Å². The highest BCUT2D eigenvalue weighted by molar-refractivity contribution is 9.10. The minimum Gasteiger partial charge on any atom is -0.465 e. The van der Waals surface area contributed by atoms with Gasteiger partial charge >= 0.3 is 5.97 Å². The first-order chi connectivity index (χ1) is 8.99. The molecule has 0 radical (unpaired) electrons. The van der Waals surface area contributed by atoms with Gasteiger partial charge in [0.05, 0.1) is 6.61 Å². The van der Waals surface area contributed by atoms with Gasteiger partial charge in [-0.1, -0.05) is 40.5 Å². The van der Waals surface area contributed by atoms with E-state index < -0.39 is 6.04 Å². The van der Waals surface area contributed by atoms with Crippen molar-refractivity contribution in [3.8, 4) is 0 Å². The van der Waals surface area contributed by atoms with Crippen LogP contribution in [0, 0.1) is 0 Å². The first kappa shape index (κ1) is 16.5. The lowest BCUT2D eigenvalue weighted by Crippen LogP contribution is -2.36. The minimum atomic E-state index is -0.532. The molecule has 2 atom stereocenters. The summed E-state index contributed by atoms with van der Waals surface area (Å²) in [6, 6.07) is 5.15. The van der Waals surface area contributed by atoms with Crippen LogP contribution in [0.1, 0.15) is 38.8 Å². The molecule has 1 N–H and O–H groups in total. The summed E-state index contributed by atoms with van der Waals surface area (Å²) >= 11 is 9.57. The van der Waals surface area contributed by atoms with Crippen molar-refractivity contribution in [3.05, 3.63) is 33.3 Å². The molecule has 0 aliphatic heterocycles. The summed E-state index contributed by atoms with van der Waals surface area (Å²) in [7, 11) is 0. The number of ether oxygens (including phenoxy) is 1. The molecule has 0 aliphatic carbocycles. The maximum atomic E-state index is 12.1. The average Bonchev–Trinajstić information content (AvgIpc) is 2.36. The third-order valence-corrected chi connectivity index (χ3v) is 3.68. The molecule has 19 heavy (non-hydrogen) atoms. The van der Waals surface area contributed by atoms with Gasteiger partial charge in [0.15, 0.2) is 0 Å². The molecule has 0 amide bonds. The van der Waals surface area contributed by atoms with Crippen LogP contribution >= 0.6 is 27.5 Å². The minimum absolute atomic E-state index is 0.203. The average molecular weight is 349 g/mol. The zero-order valence-corrected chi connectivity index (χ0v) is 13.7. The number of benzene rings is 1. The van der Waals surface area contributed by atoms with Gasteiger partial charge < -0.3 is 4.74 Å². The summed E-state index contributed by atoms with van der Waals surface area (Å²) in [5.41, 5.74) is 0.739. The highest BCUT2D eigenvalue weighted by Gasteiger charge is 2.25. The summed E-state index contributed by atoms with van der Waals surface area (Å²) in [6.45, 7) is 6.23. The monoisotopic (exact) mass is 347 g/mol. The maximum Gasteiger partial charge on any atom is 0.327 e. The molecular formula is C14H19BrClNO2. The molecule has 106 valence electrons. The fraction of sp³-hybridized carbons (Fsp3) is 0.500. The molecule has 0 aromatic heterocycles. The van der Waals surface area contributed by atoms with E-state index in [-0.39, 0.29) is 12.0 Å². The van der Waals surface area contributed by atoms with Crippen LogP contribution in [-0.4, -0.2) is 18.6 Å². The molecule has 0 heterocycles. The van der Waals surface area contributed by atoms with E-state index in [4.69, 9.17) is 16.3 Å². The second kappa shape index (κ2) is 7.88. The number of carbonyl (C=O) groups excluding carboxylic acids is 1. The molecule has 0 bridgehead atoms. The SMILES string of the molecule is CCOC(=O)C(NC(C)CC)c1ccc(Br)cc1Cl. The standard InChI is InChI=1S/C14H19BrClNO2/c1-4-9(3)17-13(14(18)19-5-2)11-7-6-10(15)8-12(11)16/h6-9,13,17H,4-5H2,1-3H3. The summed E-state index contributed by atoms with van der Waals surface area (Å²) in [4.78, 5) is 12.1. The van der Waals surface area contributed by atoms with Gasteiger partial charge in [0.2, 0.25) is 0 Å². The number of halogens is 2. The molecule has 0 aliphatic rings. The van der Waals surface area contributed by atoms with Crippen LogP contribution in [0.25, 0.3) is 0 Å². The normalized spacial score (nSPS) is 13.9. The van der Waals surface area contributed by atoms with E-state index in [2.05, 4.69) is 28.2 Å².